The van der Waals surface area contributed by atoms with Crippen LogP contribution in [0.5, 0.6) is 0 Å². The first kappa shape index (κ1) is 25.0. The van der Waals surface area contributed by atoms with Crippen molar-refractivity contribution in [2.24, 2.45) is 0 Å². The number of unbranched alkanes of at least 4 members (excludes halogenated alkanes) is 13. The summed E-state index contributed by atoms with van der Waals surface area (Å²) in [4.78, 5) is 0. The number of ether oxygens (including phenoxy) is 1. The van der Waals surface area contributed by atoms with Crippen molar-refractivity contribution < 1.29 is 4.74 Å². The van der Waals surface area contributed by atoms with E-state index in [9.17, 15) is 0 Å². The lowest BCUT2D eigenvalue weighted by atomic mass is 9.81. The van der Waals surface area contributed by atoms with E-state index in [0.29, 0.717) is 6.10 Å². The van der Waals surface area contributed by atoms with Gasteiger partial charge in [0.2, 0.25) is 0 Å². The van der Waals surface area contributed by atoms with Gasteiger partial charge in [-0.3, -0.25) is 0 Å². The molecule has 1 fully saturated rings. The molecule has 1 aliphatic heterocycles. The van der Waals surface area contributed by atoms with Crippen LogP contribution in [-0.4, -0.2) is 23.8 Å². The van der Waals surface area contributed by atoms with Crippen LogP contribution in [0.4, 0.5) is 0 Å². The largest absolute Gasteiger partial charge is 0.378 e. The lowest BCUT2D eigenvalue weighted by Crippen LogP contribution is -2.59. The Morgan fingerprint density at radius 1 is 0.630 bits per heavy atom. The van der Waals surface area contributed by atoms with E-state index in [1.165, 1.54) is 89.9 Å². The van der Waals surface area contributed by atoms with Gasteiger partial charge in [0.25, 0.3) is 0 Å². The molecule has 0 atom stereocenters. The predicted octanol–water partition coefficient (Wildman–Crippen LogP) is 7.79. The van der Waals surface area contributed by atoms with E-state index in [4.69, 9.17) is 4.74 Å². The molecule has 0 saturated carbocycles. The fourth-order valence-electron chi connectivity index (χ4n) is 4.89. The maximum atomic E-state index is 6.22. The second kappa shape index (κ2) is 14.0. The highest BCUT2D eigenvalue weighted by molar-refractivity contribution is 4.97. The highest BCUT2D eigenvalue weighted by Gasteiger charge is 2.37. The summed E-state index contributed by atoms with van der Waals surface area (Å²) in [5.74, 6) is 0. The maximum Gasteiger partial charge on any atom is 0.0609 e. The zero-order chi connectivity index (χ0) is 20.0. The van der Waals surface area contributed by atoms with Crippen molar-refractivity contribution in [3.05, 3.63) is 0 Å². The standard InChI is InChI=1S/C25H51NO/c1-6-7-8-9-10-11-12-13-14-15-16-17-18-19-20-27-23-21-24(2,3)26-25(4,5)22-23/h23,26H,6-22H2,1-5H3. The highest BCUT2D eigenvalue weighted by atomic mass is 16.5. The molecular weight excluding hydrogens is 330 g/mol. The van der Waals surface area contributed by atoms with Gasteiger partial charge in [0.05, 0.1) is 6.10 Å². The lowest BCUT2D eigenvalue weighted by molar-refractivity contribution is -0.0228. The zero-order valence-electron chi connectivity index (χ0n) is 19.5. The molecule has 0 aromatic rings. The molecule has 1 aliphatic rings. The number of hydrogen-bond donors (Lipinski definition) is 1. The SMILES string of the molecule is CCCCCCCCCCCCCCCCOC1CC(C)(C)NC(C)(C)C1. The topological polar surface area (TPSA) is 21.3 Å². The Morgan fingerprint density at radius 3 is 1.41 bits per heavy atom. The molecule has 0 aromatic heterocycles. The summed E-state index contributed by atoms with van der Waals surface area (Å²) in [7, 11) is 0. The van der Waals surface area contributed by atoms with Crippen LogP contribution >= 0.6 is 0 Å². The van der Waals surface area contributed by atoms with E-state index in [-0.39, 0.29) is 11.1 Å². The third kappa shape index (κ3) is 13.7. The van der Waals surface area contributed by atoms with E-state index in [2.05, 4.69) is 39.9 Å². The Hall–Kier alpha value is -0.0800. The minimum atomic E-state index is 0.196. The first-order valence-electron chi connectivity index (χ1n) is 12.3. The third-order valence-corrected chi connectivity index (χ3v) is 6.00. The number of hydrogen-bond acceptors (Lipinski definition) is 2. The van der Waals surface area contributed by atoms with Crippen molar-refractivity contribution in [1.82, 2.24) is 5.32 Å². The fraction of sp³-hybridized carbons (Fsp3) is 1.00. The van der Waals surface area contributed by atoms with Crippen LogP contribution in [0.25, 0.3) is 0 Å². The molecule has 0 bridgehead atoms. The monoisotopic (exact) mass is 381 g/mol. The van der Waals surface area contributed by atoms with E-state index >= 15 is 0 Å². The Balaban J connectivity index is 1.85. The first-order chi connectivity index (χ1) is 12.8. The van der Waals surface area contributed by atoms with E-state index in [1.807, 2.05) is 0 Å². The Morgan fingerprint density at radius 2 is 1.00 bits per heavy atom. The smallest absolute Gasteiger partial charge is 0.0609 e. The van der Waals surface area contributed by atoms with Crippen LogP contribution in [0.2, 0.25) is 0 Å². The summed E-state index contributed by atoms with van der Waals surface area (Å²) in [6, 6.07) is 0. The van der Waals surface area contributed by atoms with Gasteiger partial charge in [-0.05, 0) is 47.0 Å². The second-order valence-corrected chi connectivity index (χ2v) is 10.4. The number of piperidine rings is 1. The van der Waals surface area contributed by atoms with Crippen molar-refractivity contribution in [2.45, 2.75) is 155 Å². The normalized spacial score (nSPS) is 19.4. The summed E-state index contributed by atoms with van der Waals surface area (Å²) >= 11 is 0. The van der Waals surface area contributed by atoms with Crippen LogP contribution < -0.4 is 5.32 Å². The molecule has 0 aromatic carbocycles. The molecule has 0 radical (unpaired) electrons. The van der Waals surface area contributed by atoms with E-state index in [1.54, 1.807) is 0 Å². The van der Waals surface area contributed by atoms with Crippen LogP contribution in [0.3, 0.4) is 0 Å². The lowest BCUT2D eigenvalue weighted by Gasteiger charge is -2.46. The molecule has 1 heterocycles. The quantitative estimate of drug-likeness (QED) is 0.275. The van der Waals surface area contributed by atoms with E-state index < -0.39 is 0 Å². The van der Waals surface area contributed by atoms with Gasteiger partial charge in [-0.25, -0.2) is 0 Å². The highest BCUT2D eigenvalue weighted by Crippen LogP contribution is 2.30. The van der Waals surface area contributed by atoms with Gasteiger partial charge in [0.15, 0.2) is 0 Å². The zero-order valence-corrected chi connectivity index (χ0v) is 19.5. The van der Waals surface area contributed by atoms with Crippen LogP contribution in [-0.2, 0) is 4.74 Å². The third-order valence-electron chi connectivity index (χ3n) is 6.00. The molecule has 0 unspecified atom stereocenters. The molecule has 1 rings (SSSR count). The van der Waals surface area contributed by atoms with Crippen LogP contribution in [0.1, 0.15) is 137 Å². The molecule has 0 amide bonds. The summed E-state index contributed by atoms with van der Waals surface area (Å²) in [5.41, 5.74) is 0.393. The average molecular weight is 382 g/mol. The first-order valence-corrected chi connectivity index (χ1v) is 12.3. The second-order valence-electron chi connectivity index (χ2n) is 10.4. The van der Waals surface area contributed by atoms with Gasteiger partial charge in [-0.2, -0.15) is 0 Å². The fourth-order valence-corrected chi connectivity index (χ4v) is 4.89. The number of nitrogens with one attached hydrogen (secondary N) is 1. The molecule has 0 spiro atoms. The van der Waals surface area contributed by atoms with Gasteiger partial charge < -0.3 is 10.1 Å². The minimum absolute atomic E-state index is 0.196. The molecule has 2 heteroatoms. The molecule has 2 nitrogen and oxygen atoms in total. The molecule has 1 N–H and O–H groups in total. The average Bonchev–Trinajstić information content (AvgIpc) is 2.55. The summed E-state index contributed by atoms with van der Waals surface area (Å²) < 4.78 is 6.22. The van der Waals surface area contributed by atoms with Gasteiger partial charge in [-0.15, -0.1) is 0 Å². The summed E-state index contributed by atoms with van der Waals surface area (Å²) in [5, 5.41) is 3.74. The van der Waals surface area contributed by atoms with Gasteiger partial charge in [0, 0.05) is 17.7 Å². The van der Waals surface area contributed by atoms with Crippen molar-refractivity contribution in [2.75, 3.05) is 6.61 Å². The molecule has 1 saturated heterocycles. The van der Waals surface area contributed by atoms with Crippen molar-refractivity contribution in [1.29, 1.82) is 0 Å². The van der Waals surface area contributed by atoms with Crippen molar-refractivity contribution in [3.63, 3.8) is 0 Å². The summed E-state index contributed by atoms with van der Waals surface area (Å²) in [6.45, 7) is 12.5. The Bertz CT molecular complexity index is 334. The molecule has 27 heavy (non-hydrogen) atoms. The Labute approximate surface area is 171 Å². The minimum Gasteiger partial charge on any atom is -0.378 e. The van der Waals surface area contributed by atoms with Gasteiger partial charge in [-0.1, -0.05) is 90.4 Å². The number of rotatable bonds is 16. The molecule has 0 aliphatic carbocycles. The molecular formula is C25H51NO. The Kier molecular flexibility index (Phi) is 12.9. The molecule has 162 valence electrons. The maximum absolute atomic E-state index is 6.22. The van der Waals surface area contributed by atoms with Crippen LogP contribution in [0, 0.1) is 0 Å². The van der Waals surface area contributed by atoms with Crippen molar-refractivity contribution >= 4 is 0 Å². The van der Waals surface area contributed by atoms with Gasteiger partial charge >= 0.3 is 0 Å². The predicted molar refractivity (Wildman–Crippen MR) is 121 cm³/mol. The van der Waals surface area contributed by atoms with Crippen molar-refractivity contribution in [3.8, 4) is 0 Å². The van der Waals surface area contributed by atoms with Crippen LogP contribution in [0.15, 0.2) is 0 Å². The van der Waals surface area contributed by atoms with E-state index in [0.717, 1.165) is 19.4 Å². The summed E-state index contributed by atoms with van der Waals surface area (Å²) in [6.07, 6.45) is 22.5. The van der Waals surface area contributed by atoms with Gasteiger partial charge in [0.1, 0.15) is 0 Å².